The number of hydrogen-bond acceptors (Lipinski definition) is 7. The van der Waals surface area contributed by atoms with Crippen LogP contribution in [0.15, 0.2) is 18.2 Å². The predicted molar refractivity (Wildman–Crippen MR) is 98.7 cm³/mol. The second-order valence-corrected chi connectivity index (χ2v) is 7.78. The SMILES string of the molecule is O=C1NNC2C1CN(CC1CCCO1)CC2C(=O)Nc1ccc2c(c1)OCO2. The summed E-state index contributed by atoms with van der Waals surface area (Å²) in [4.78, 5) is 27.5. The first kappa shape index (κ1) is 17.7. The van der Waals surface area contributed by atoms with Crippen LogP contribution in [0.2, 0.25) is 0 Å². The molecule has 0 spiro atoms. The Morgan fingerprint density at radius 3 is 3.00 bits per heavy atom. The number of piperidine rings is 1. The molecule has 5 rings (SSSR count). The molecule has 28 heavy (non-hydrogen) atoms. The molecule has 1 aromatic rings. The Hall–Kier alpha value is -2.36. The molecule has 4 aliphatic rings. The van der Waals surface area contributed by atoms with E-state index in [0.717, 1.165) is 26.0 Å². The Kier molecular flexibility index (Phi) is 4.58. The lowest BCUT2D eigenvalue weighted by molar-refractivity contribution is -0.127. The number of nitrogens with one attached hydrogen (secondary N) is 3. The number of carbonyl (C=O) groups is 2. The molecule has 4 atom stereocenters. The van der Waals surface area contributed by atoms with Gasteiger partial charge in [-0.05, 0) is 25.0 Å². The lowest BCUT2D eigenvalue weighted by Crippen LogP contribution is -2.56. The van der Waals surface area contributed by atoms with Crippen LogP contribution in [0.5, 0.6) is 11.5 Å². The van der Waals surface area contributed by atoms with Gasteiger partial charge in [-0.3, -0.25) is 19.9 Å². The van der Waals surface area contributed by atoms with Gasteiger partial charge in [0.1, 0.15) is 0 Å². The first-order chi connectivity index (χ1) is 13.7. The highest BCUT2D eigenvalue weighted by molar-refractivity contribution is 5.95. The Morgan fingerprint density at radius 2 is 2.14 bits per heavy atom. The van der Waals surface area contributed by atoms with E-state index in [2.05, 4.69) is 21.1 Å². The standard InChI is InChI=1S/C19H24N4O5/c24-18(20-11-3-4-15-16(6-11)28-10-27-15)13-8-23(7-12-2-1-5-26-12)9-14-17(13)21-22-19(14)25/h3-4,6,12-14,17,21H,1-2,5,7-10H2,(H,20,24)(H,22,25). The number of anilines is 1. The van der Waals surface area contributed by atoms with Gasteiger partial charge in [0, 0.05) is 38.0 Å². The van der Waals surface area contributed by atoms with Crippen LogP contribution in [0, 0.1) is 11.8 Å². The van der Waals surface area contributed by atoms with E-state index < -0.39 is 0 Å². The average Bonchev–Trinajstić information content (AvgIpc) is 3.43. The van der Waals surface area contributed by atoms with Crippen molar-refractivity contribution in [2.24, 2.45) is 11.8 Å². The fraction of sp³-hybridized carbons (Fsp3) is 0.579. The van der Waals surface area contributed by atoms with Crippen LogP contribution in [-0.2, 0) is 14.3 Å². The van der Waals surface area contributed by atoms with Crippen molar-refractivity contribution in [2.45, 2.75) is 25.0 Å². The summed E-state index contributed by atoms with van der Waals surface area (Å²) in [6.45, 7) is 2.95. The van der Waals surface area contributed by atoms with Crippen LogP contribution in [0.1, 0.15) is 12.8 Å². The minimum Gasteiger partial charge on any atom is -0.454 e. The van der Waals surface area contributed by atoms with E-state index in [1.165, 1.54) is 0 Å². The van der Waals surface area contributed by atoms with Gasteiger partial charge >= 0.3 is 0 Å². The minimum absolute atomic E-state index is 0.0529. The van der Waals surface area contributed by atoms with Gasteiger partial charge < -0.3 is 19.5 Å². The highest BCUT2D eigenvalue weighted by Crippen LogP contribution is 2.35. The summed E-state index contributed by atoms with van der Waals surface area (Å²) in [5.74, 6) is 0.519. The van der Waals surface area contributed by atoms with Crippen molar-refractivity contribution < 1.29 is 23.8 Å². The molecule has 2 amide bonds. The van der Waals surface area contributed by atoms with Crippen LogP contribution in [0.4, 0.5) is 5.69 Å². The molecule has 3 N–H and O–H groups in total. The summed E-state index contributed by atoms with van der Waals surface area (Å²) in [5.41, 5.74) is 6.37. The van der Waals surface area contributed by atoms with Crippen molar-refractivity contribution in [3.63, 3.8) is 0 Å². The Labute approximate surface area is 162 Å². The van der Waals surface area contributed by atoms with E-state index in [4.69, 9.17) is 14.2 Å². The maximum Gasteiger partial charge on any atom is 0.240 e. The minimum atomic E-state index is -0.357. The lowest BCUT2D eigenvalue weighted by Gasteiger charge is -2.39. The first-order valence-electron chi connectivity index (χ1n) is 9.77. The molecular weight excluding hydrogens is 364 g/mol. The van der Waals surface area contributed by atoms with Crippen LogP contribution in [0.25, 0.3) is 0 Å². The molecule has 0 saturated carbocycles. The van der Waals surface area contributed by atoms with E-state index in [0.29, 0.717) is 30.3 Å². The van der Waals surface area contributed by atoms with Crippen LogP contribution in [-0.4, -0.2) is 61.9 Å². The number of hydrogen-bond donors (Lipinski definition) is 3. The fourth-order valence-electron chi connectivity index (χ4n) is 4.51. The van der Waals surface area contributed by atoms with Gasteiger partial charge in [0.2, 0.25) is 18.6 Å². The van der Waals surface area contributed by atoms with Gasteiger partial charge in [0.15, 0.2) is 11.5 Å². The van der Waals surface area contributed by atoms with Crippen molar-refractivity contribution in [1.29, 1.82) is 0 Å². The largest absolute Gasteiger partial charge is 0.454 e. The summed E-state index contributed by atoms with van der Waals surface area (Å²) in [5, 5.41) is 2.97. The van der Waals surface area contributed by atoms with Crippen LogP contribution < -0.4 is 25.6 Å². The molecule has 4 aliphatic heterocycles. The Bertz CT molecular complexity index is 782. The summed E-state index contributed by atoms with van der Waals surface area (Å²) < 4.78 is 16.4. The van der Waals surface area contributed by atoms with Crippen molar-refractivity contribution in [3.8, 4) is 11.5 Å². The second-order valence-electron chi connectivity index (χ2n) is 7.78. The highest BCUT2D eigenvalue weighted by Gasteiger charge is 2.47. The maximum absolute atomic E-state index is 13.1. The molecular formula is C19H24N4O5. The summed E-state index contributed by atoms with van der Waals surface area (Å²) in [6.07, 6.45) is 2.29. The van der Waals surface area contributed by atoms with Gasteiger partial charge in [0.25, 0.3) is 0 Å². The zero-order chi connectivity index (χ0) is 19.1. The summed E-state index contributed by atoms with van der Waals surface area (Å²) in [7, 11) is 0. The lowest BCUT2D eigenvalue weighted by atomic mass is 9.83. The first-order valence-corrected chi connectivity index (χ1v) is 9.77. The number of hydrazine groups is 1. The zero-order valence-electron chi connectivity index (χ0n) is 15.5. The predicted octanol–water partition coefficient (Wildman–Crippen LogP) is 0.0838. The molecule has 0 bridgehead atoms. The third-order valence-corrected chi connectivity index (χ3v) is 5.94. The maximum atomic E-state index is 13.1. The van der Waals surface area contributed by atoms with E-state index >= 15 is 0 Å². The number of nitrogens with zero attached hydrogens (tertiary/aromatic N) is 1. The molecule has 0 aliphatic carbocycles. The summed E-state index contributed by atoms with van der Waals surface area (Å²) >= 11 is 0. The topological polar surface area (TPSA) is 101 Å². The molecule has 9 nitrogen and oxygen atoms in total. The van der Waals surface area contributed by atoms with Crippen LogP contribution >= 0.6 is 0 Å². The van der Waals surface area contributed by atoms with E-state index in [1.807, 2.05) is 0 Å². The van der Waals surface area contributed by atoms with Gasteiger partial charge in [0.05, 0.1) is 24.0 Å². The van der Waals surface area contributed by atoms with Gasteiger partial charge in [-0.2, -0.15) is 0 Å². The normalized spacial score (nSPS) is 31.5. The Morgan fingerprint density at radius 1 is 1.25 bits per heavy atom. The number of amides is 2. The van der Waals surface area contributed by atoms with Gasteiger partial charge in [-0.15, -0.1) is 0 Å². The zero-order valence-corrected chi connectivity index (χ0v) is 15.5. The van der Waals surface area contributed by atoms with E-state index in [1.54, 1.807) is 18.2 Å². The summed E-state index contributed by atoms with van der Waals surface area (Å²) in [6, 6.07) is 5.11. The number of carbonyl (C=O) groups excluding carboxylic acids is 2. The molecule has 150 valence electrons. The third kappa shape index (κ3) is 3.30. The molecule has 3 saturated heterocycles. The van der Waals surface area contributed by atoms with E-state index in [9.17, 15) is 9.59 Å². The molecule has 0 aromatic heterocycles. The van der Waals surface area contributed by atoms with Crippen molar-refractivity contribution in [3.05, 3.63) is 18.2 Å². The average molecular weight is 388 g/mol. The number of benzene rings is 1. The number of rotatable bonds is 4. The smallest absolute Gasteiger partial charge is 0.240 e. The molecule has 3 fully saturated rings. The van der Waals surface area contributed by atoms with Crippen molar-refractivity contribution >= 4 is 17.5 Å². The molecule has 1 aromatic carbocycles. The Balaban J connectivity index is 1.31. The van der Waals surface area contributed by atoms with Crippen molar-refractivity contribution in [1.82, 2.24) is 15.8 Å². The third-order valence-electron chi connectivity index (χ3n) is 5.94. The number of ether oxygens (including phenoxy) is 3. The van der Waals surface area contributed by atoms with Crippen LogP contribution in [0.3, 0.4) is 0 Å². The molecule has 4 unspecified atom stereocenters. The highest BCUT2D eigenvalue weighted by atomic mass is 16.7. The molecule has 4 heterocycles. The number of likely N-dealkylation sites (tertiary alicyclic amines) is 1. The molecule has 0 radical (unpaired) electrons. The van der Waals surface area contributed by atoms with Gasteiger partial charge in [-0.1, -0.05) is 0 Å². The second kappa shape index (κ2) is 7.23. The number of fused-ring (bicyclic) bond motifs is 2. The van der Waals surface area contributed by atoms with Crippen molar-refractivity contribution in [2.75, 3.05) is 38.4 Å². The van der Waals surface area contributed by atoms with Gasteiger partial charge in [-0.25, -0.2) is 5.43 Å². The molecule has 9 heteroatoms. The van der Waals surface area contributed by atoms with E-state index in [-0.39, 0.29) is 42.6 Å². The quantitative estimate of drug-likeness (QED) is 0.672. The monoisotopic (exact) mass is 388 g/mol. The fourth-order valence-corrected chi connectivity index (χ4v) is 4.51.